The number of alkyl carbamates (subject to hydrolysis) is 1. The van der Waals surface area contributed by atoms with Crippen LogP contribution in [0.1, 0.15) is 82.2 Å². The lowest BCUT2D eigenvalue weighted by Crippen LogP contribution is -2.53. The summed E-state index contributed by atoms with van der Waals surface area (Å²) in [5.41, 5.74) is 3.01. The van der Waals surface area contributed by atoms with E-state index in [9.17, 15) is 19.5 Å². The fourth-order valence-electron chi connectivity index (χ4n) is 4.68. The molecule has 0 heterocycles. The molecule has 1 saturated carbocycles. The molecule has 2 atom stereocenters. The molecule has 8 nitrogen and oxygen atoms in total. The molecule has 1 aliphatic rings. The molecule has 0 spiro atoms. The van der Waals surface area contributed by atoms with Gasteiger partial charge in [-0.25, -0.2) is 4.79 Å². The Morgan fingerprint density at radius 2 is 1.64 bits per heavy atom. The first-order valence-corrected chi connectivity index (χ1v) is 13.7. The highest BCUT2D eigenvalue weighted by molar-refractivity contribution is 6.00. The predicted octanol–water partition coefficient (Wildman–Crippen LogP) is 5.93. The van der Waals surface area contributed by atoms with Crippen molar-refractivity contribution in [3.63, 3.8) is 0 Å². The number of amides is 3. The van der Waals surface area contributed by atoms with E-state index in [-0.39, 0.29) is 29.5 Å². The van der Waals surface area contributed by atoms with Gasteiger partial charge in [-0.05, 0) is 101 Å². The van der Waals surface area contributed by atoms with Gasteiger partial charge in [0, 0.05) is 11.7 Å². The van der Waals surface area contributed by atoms with Gasteiger partial charge in [0.2, 0.25) is 5.91 Å². The van der Waals surface area contributed by atoms with Crippen LogP contribution in [0.15, 0.2) is 36.4 Å². The summed E-state index contributed by atoms with van der Waals surface area (Å²) in [5, 5.41) is 16.0. The first-order valence-electron chi connectivity index (χ1n) is 13.7. The van der Waals surface area contributed by atoms with Crippen LogP contribution in [-0.2, 0) is 14.3 Å². The number of phenolic OH excluding ortho intramolecular Hbond substituents is 1. The standard InChI is InChI=1S/C31H43N3O5/c1-18(2)16-24(32-30(38)39-31(6,7)8)29(37)34(23-13-14-23)27(22-12-15-25(35)21(5)17-22)28(36)33-26-19(3)10-9-11-20(26)4/h9-12,15,17-18,23-24,27,35H,13-14,16H2,1-8H3,(H,32,38)(H,33,36). The maximum atomic E-state index is 14.2. The molecule has 8 heteroatoms. The summed E-state index contributed by atoms with van der Waals surface area (Å²) in [6.07, 6.45) is 1.24. The van der Waals surface area contributed by atoms with E-state index in [4.69, 9.17) is 4.74 Å². The number of ether oxygens (including phenoxy) is 1. The second-order valence-electron chi connectivity index (χ2n) is 12.0. The zero-order valence-electron chi connectivity index (χ0n) is 24.4. The number of rotatable bonds is 9. The Bertz CT molecular complexity index is 1190. The molecular formula is C31H43N3O5. The molecule has 2 aromatic carbocycles. The van der Waals surface area contributed by atoms with Gasteiger partial charge < -0.3 is 25.4 Å². The number of benzene rings is 2. The third kappa shape index (κ3) is 7.97. The maximum Gasteiger partial charge on any atom is 0.408 e. The van der Waals surface area contributed by atoms with Crippen molar-refractivity contribution in [3.8, 4) is 5.75 Å². The van der Waals surface area contributed by atoms with Crippen molar-refractivity contribution < 1.29 is 24.2 Å². The van der Waals surface area contributed by atoms with E-state index in [1.165, 1.54) is 0 Å². The zero-order chi connectivity index (χ0) is 29.1. The lowest BCUT2D eigenvalue weighted by atomic mass is 9.97. The van der Waals surface area contributed by atoms with E-state index in [0.29, 0.717) is 23.2 Å². The highest BCUT2D eigenvalue weighted by Crippen LogP contribution is 2.38. The number of hydrogen-bond acceptors (Lipinski definition) is 5. The number of anilines is 1. The van der Waals surface area contributed by atoms with Crippen molar-refractivity contribution in [1.82, 2.24) is 10.2 Å². The summed E-state index contributed by atoms with van der Waals surface area (Å²) in [4.78, 5) is 42.7. The molecule has 0 radical (unpaired) electrons. The summed E-state index contributed by atoms with van der Waals surface area (Å²) in [5.74, 6) is -0.461. The minimum atomic E-state index is -0.960. The minimum Gasteiger partial charge on any atom is -0.508 e. The number of carbonyl (C=O) groups is 3. The van der Waals surface area contributed by atoms with E-state index in [0.717, 1.165) is 24.0 Å². The molecule has 0 bridgehead atoms. The van der Waals surface area contributed by atoms with Crippen LogP contribution in [0.25, 0.3) is 0 Å². The number of aryl methyl sites for hydroxylation is 3. The number of para-hydroxylation sites is 1. The molecule has 2 unspecified atom stereocenters. The van der Waals surface area contributed by atoms with Crippen LogP contribution in [0, 0.1) is 26.7 Å². The van der Waals surface area contributed by atoms with Crippen molar-refractivity contribution in [2.24, 2.45) is 5.92 Å². The Hall–Kier alpha value is -3.55. The fourth-order valence-corrected chi connectivity index (χ4v) is 4.68. The Labute approximate surface area is 232 Å². The number of hydrogen-bond donors (Lipinski definition) is 3. The minimum absolute atomic E-state index is 0.104. The van der Waals surface area contributed by atoms with Crippen LogP contribution < -0.4 is 10.6 Å². The monoisotopic (exact) mass is 537 g/mol. The number of nitrogens with one attached hydrogen (secondary N) is 2. The van der Waals surface area contributed by atoms with Crippen LogP contribution in [0.2, 0.25) is 0 Å². The van der Waals surface area contributed by atoms with Crippen LogP contribution in [0.5, 0.6) is 5.75 Å². The van der Waals surface area contributed by atoms with E-state index in [1.807, 2.05) is 45.9 Å². The lowest BCUT2D eigenvalue weighted by molar-refractivity contribution is -0.141. The summed E-state index contributed by atoms with van der Waals surface area (Å²) >= 11 is 0. The highest BCUT2D eigenvalue weighted by atomic mass is 16.6. The van der Waals surface area contributed by atoms with Crippen molar-refractivity contribution in [2.75, 3.05) is 5.32 Å². The second kappa shape index (κ2) is 12.1. The van der Waals surface area contributed by atoms with Gasteiger partial charge >= 0.3 is 6.09 Å². The lowest BCUT2D eigenvalue weighted by Gasteiger charge is -2.35. The molecule has 1 aliphatic carbocycles. The topological polar surface area (TPSA) is 108 Å². The van der Waals surface area contributed by atoms with Crippen molar-refractivity contribution in [1.29, 1.82) is 0 Å². The molecule has 212 valence electrons. The Morgan fingerprint density at radius 1 is 1.03 bits per heavy atom. The molecule has 1 fully saturated rings. The van der Waals surface area contributed by atoms with Crippen LogP contribution in [0.4, 0.5) is 10.5 Å². The Kier molecular flexibility index (Phi) is 9.30. The van der Waals surface area contributed by atoms with Crippen LogP contribution in [0.3, 0.4) is 0 Å². The van der Waals surface area contributed by atoms with Crippen molar-refractivity contribution in [3.05, 3.63) is 58.7 Å². The van der Waals surface area contributed by atoms with E-state index in [2.05, 4.69) is 10.6 Å². The van der Waals surface area contributed by atoms with Crippen molar-refractivity contribution >= 4 is 23.6 Å². The zero-order valence-corrected chi connectivity index (χ0v) is 24.4. The molecule has 39 heavy (non-hydrogen) atoms. The SMILES string of the molecule is Cc1cc(C(C(=O)Nc2c(C)cccc2C)N(C(=O)C(CC(C)C)NC(=O)OC(C)(C)C)C2CC2)ccc1O. The normalized spacial score (nSPS) is 14.9. The average molecular weight is 538 g/mol. The van der Waals surface area contributed by atoms with Gasteiger partial charge in [0.05, 0.1) is 0 Å². The van der Waals surface area contributed by atoms with Gasteiger partial charge in [0.1, 0.15) is 23.4 Å². The number of carbonyl (C=O) groups excluding carboxylic acids is 3. The van der Waals surface area contributed by atoms with E-state index in [1.54, 1.807) is 50.8 Å². The van der Waals surface area contributed by atoms with Gasteiger partial charge in [-0.1, -0.05) is 38.1 Å². The first kappa shape index (κ1) is 30.0. The van der Waals surface area contributed by atoms with E-state index < -0.39 is 23.8 Å². The third-order valence-corrected chi connectivity index (χ3v) is 6.68. The molecule has 3 N–H and O–H groups in total. The predicted molar refractivity (Wildman–Crippen MR) is 153 cm³/mol. The Morgan fingerprint density at radius 3 is 2.15 bits per heavy atom. The van der Waals surface area contributed by atoms with E-state index >= 15 is 0 Å². The Balaban J connectivity index is 2.05. The smallest absolute Gasteiger partial charge is 0.408 e. The van der Waals surface area contributed by atoms with Crippen molar-refractivity contribution in [2.45, 2.75) is 98.4 Å². The first-order chi connectivity index (χ1) is 18.2. The quantitative estimate of drug-likeness (QED) is 0.368. The average Bonchev–Trinajstić information content (AvgIpc) is 3.64. The van der Waals surface area contributed by atoms with Gasteiger partial charge in [-0.15, -0.1) is 0 Å². The molecule has 0 aliphatic heterocycles. The summed E-state index contributed by atoms with van der Waals surface area (Å²) in [6.45, 7) is 14.9. The van der Waals surface area contributed by atoms with Crippen LogP contribution in [-0.4, -0.2) is 45.6 Å². The van der Waals surface area contributed by atoms with Crippen LogP contribution >= 0.6 is 0 Å². The molecule has 3 amide bonds. The fraction of sp³-hybridized carbons (Fsp3) is 0.516. The van der Waals surface area contributed by atoms with Gasteiger partial charge in [-0.2, -0.15) is 0 Å². The summed E-state index contributed by atoms with van der Waals surface area (Å²) < 4.78 is 5.45. The molecular weight excluding hydrogens is 494 g/mol. The summed E-state index contributed by atoms with van der Waals surface area (Å²) in [6, 6.07) is 8.78. The number of phenols is 1. The molecule has 0 saturated heterocycles. The van der Waals surface area contributed by atoms with Gasteiger partial charge in [-0.3, -0.25) is 9.59 Å². The molecule has 0 aromatic heterocycles. The largest absolute Gasteiger partial charge is 0.508 e. The molecule has 2 aromatic rings. The number of aromatic hydroxyl groups is 1. The number of nitrogens with zero attached hydrogens (tertiary/aromatic N) is 1. The second-order valence-corrected chi connectivity index (χ2v) is 12.0. The summed E-state index contributed by atoms with van der Waals surface area (Å²) in [7, 11) is 0. The third-order valence-electron chi connectivity index (χ3n) is 6.68. The highest BCUT2D eigenvalue weighted by Gasteiger charge is 2.44. The maximum absolute atomic E-state index is 14.2. The van der Waals surface area contributed by atoms with Gasteiger partial charge in [0.25, 0.3) is 5.91 Å². The molecule has 3 rings (SSSR count). The van der Waals surface area contributed by atoms with Gasteiger partial charge in [0.15, 0.2) is 0 Å².